The van der Waals surface area contributed by atoms with Crippen LogP contribution in [0.15, 0.2) is 48.5 Å². The number of nitrogens with one attached hydrogen (secondary N) is 1. The summed E-state index contributed by atoms with van der Waals surface area (Å²) in [6, 6.07) is 15.3. The van der Waals surface area contributed by atoms with Gasteiger partial charge in [0, 0.05) is 30.3 Å². The van der Waals surface area contributed by atoms with Crippen molar-refractivity contribution < 1.29 is 9.53 Å². The third kappa shape index (κ3) is 5.67. The zero-order chi connectivity index (χ0) is 18.9. The van der Waals surface area contributed by atoms with Gasteiger partial charge in [-0.3, -0.25) is 4.79 Å². The van der Waals surface area contributed by atoms with Crippen LogP contribution in [0.1, 0.15) is 32.8 Å². The number of rotatable bonds is 9. The van der Waals surface area contributed by atoms with Crippen LogP contribution in [0.2, 0.25) is 5.02 Å². The lowest BCUT2D eigenvalue weighted by molar-refractivity contribution is -0.128. The van der Waals surface area contributed by atoms with E-state index in [0.29, 0.717) is 23.7 Å². The average Bonchev–Trinajstić information content (AvgIpc) is 2.67. The first-order valence-electron chi connectivity index (χ1n) is 9.11. The van der Waals surface area contributed by atoms with Crippen molar-refractivity contribution in [2.75, 3.05) is 18.0 Å². The normalized spacial score (nSPS) is 11.7. The van der Waals surface area contributed by atoms with Crippen LogP contribution in [-0.4, -0.2) is 25.1 Å². The van der Waals surface area contributed by atoms with E-state index in [-0.39, 0.29) is 5.91 Å². The van der Waals surface area contributed by atoms with Gasteiger partial charge in [-0.15, -0.1) is 0 Å². The predicted octanol–water partition coefficient (Wildman–Crippen LogP) is 4.66. The fourth-order valence-electron chi connectivity index (χ4n) is 2.72. The van der Waals surface area contributed by atoms with Crippen LogP contribution in [0.4, 0.5) is 5.69 Å². The average molecular weight is 375 g/mol. The molecule has 2 aromatic rings. The summed E-state index contributed by atoms with van der Waals surface area (Å²) in [5, 5.41) is 3.60. The highest BCUT2D eigenvalue weighted by atomic mass is 35.5. The van der Waals surface area contributed by atoms with Crippen LogP contribution >= 0.6 is 11.6 Å². The number of halogens is 1. The van der Waals surface area contributed by atoms with E-state index in [4.69, 9.17) is 16.3 Å². The lowest BCUT2D eigenvalue weighted by atomic mass is 10.2. The second kappa shape index (κ2) is 10.1. The van der Waals surface area contributed by atoms with Crippen molar-refractivity contribution in [1.29, 1.82) is 0 Å². The molecule has 140 valence electrons. The van der Waals surface area contributed by atoms with Gasteiger partial charge in [-0.25, -0.2) is 0 Å². The topological polar surface area (TPSA) is 41.6 Å². The smallest absolute Gasteiger partial charge is 0.261 e. The molecule has 0 aliphatic rings. The van der Waals surface area contributed by atoms with E-state index >= 15 is 0 Å². The van der Waals surface area contributed by atoms with Crippen LogP contribution in [0, 0.1) is 0 Å². The molecule has 0 saturated carbocycles. The number of carbonyl (C=O) groups excluding carboxylic acids is 1. The van der Waals surface area contributed by atoms with E-state index < -0.39 is 6.10 Å². The molecule has 1 N–H and O–H groups in total. The molecule has 26 heavy (non-hydrogen) atoms. The molecule has 0 spiro atoms. The number of hydrogen-bond acceptors (Lipinski definition) is 3. The molecule has 2 aromatic carbocycles. The molecule has 5 heteroatoms. The SMILES string of the molecule is CCC(Oc1ccc(Cl)cc1)C(=O)NCc1ccc(N(CC)CC)cc1. The molecule has 2 rings (SSSR count). The van der Waals surface area contributed by atoms with Crippen LogP contribution in [0.3, 0.4) is 0 Å². The Morgan fingerprint density at radius 1 is 1.04 bits per heavy atom. The van der Waals surface area contributed by atoms with Gasteiger partial charge in [0.1, 0.15) is 5.75 Å². The number of ether oxygens (including phenoxy) is 1. The Balaban J connectivity index is 1.90. The highest BCUT2D eigenvalue weighted by Crippen LogP contribution is 2.18. The number of hydrogen-bond donors (Lipinski definition) is 1. The van der Waals surface area contributed by atoms with Crippen molar-refractivity contribution in [1.82, 2.24) is 5.32 Å². The number of amides is 1. The van der Waals surface area contributed by atoms with Crippen LogP contribution < -0.4 is 15.0 Å². The minimum absolute atomic E-state index is 0.115. The number of carbonyl (C=O) groups is 1. The summed E-state index contributed by atoms with van der Waals surface area (Å²) in [4.78, 5) is 14.7. The summed E-state index contributed by atoms with van der Waals surface area (Å²) in [7, 11) is 0. The molecule has 0 bridgehead atoms. The second-order valence-corrected chi connectivity index (χ2v) is 6.46. The Bertz CT molecular complexity index is 682. The summed E-state index contributed by atoms with van der Waals surface area (Å²) in [5.41, 5.74) is 2.26. The van der Waals surface area contributed by atoms with Gasteiger partial charge < -0.3 is 15.0 Å². The third-order valence-electron chi connectivity index (χ3n) is 4.29. The summed E-state index contributed by atoms with van der Waals surface area (Å²) in [6.07, 6.45) is 0.0705. The molecule has 4 nitrogen and oxygen atoms in total. The van der Waals surface area contributed by atoms with Gasteiger partial charge in [0.25, 0.3) is 5.91 Å². The van der Waals surface area contributed by atoms with Gasteiger partial charge in [-0.1, -0.05) is 30.7 Å². The molecule has 0 heterocycles. The van der Waals surface area contributed by atoms with Crippen molar-refractivity contribution in [2.24, 2.45) is 0 Å². The number of anilines is 1. The largest absolute Gasteiger partial charge is 0.481 e. The van der Waals surface area contributed by atoms with E-state index in [9.17, 15) is 4.79 Å². The van der Waals surface area contributed by atoms with Crippen molar-refractivity contribution in [3.63, 3.8) is 0 Å². The number of benzene rings is 2. The Hall–Kier alpha value is -2.20. The molecule has 0 saturated heterocycles. The first-order chi connectivity index (χ1) is 12.6. The molecule has 0 aromatic heterocycles. The van der Waals surface area contributed by atoms with Gasteiger partial charge in [-0.05, 0) is 62.2 Å². The van der Waals surface area contributed by atoms with Crippen LogP contribution in [-0.2, 0) is 11.3 Å². The molecule has 1 unspecified atom stereocenters. The molecular formula is C21H27ClN2O2. The monoisotopic (exact) mass is 374 g/mol. The predicted molar refractivity (Wildman–Crippen MR) is 108 cm³/mol. The van der Waals surface area contributed by atoms with Gasteiger partial charge in [-0.2, -0.15) is 0 Å². The highest BCUT2D eigenvalue weighted by molar-refractivity contribution is 6.30. The quantitative estimate of drug-likeness (QED) is 0.694. The maximum Gasteiger partial charge on any atom is 0.261 e. The molecule has 0 aliphatic carbocycles. The Kier molecular flexibility index (Phi) is 7.79. The van der Waals surface area contributed by atoms with Crippen LogP contribution in [0.5, 0.6) is 5.75 Å². The van der Waals surface area contributed by atoms with Gasteiger partial charge in [0.15, 0.2) is 6.10 Å². The summed E-state index contributed by atoms with van der Waals surface area (Å²) in [5.74, 6) is 0.523. The molecule has 0 aliphatic heterocycles. The number of nitrogens with zero attached hydrogens (tertiary/aromatic N) is 1. The lowest BCUT2D eigenvalue weighted by Crippen LogP contribution is -2.37. The van der Waals surface area contributed by atoms with Crippen molar-refractivity contribution >= 4 is 23.2 Å². The summed E-state index contributed by atoms with van der Waals surface area (Å²) in [6.45, 7) is 8.66. The van der Waals surface area contributed by atoms with Crippen LogP contribution in [0.25, 0.3) is 0 Å². The fraction of sp³-hybridized carbons (Fsp3) is 0.381. The fourth-order valence-corrected chi connectivity index (χ4v) is 2.84. The van der Waals surface area contributed by atoms with E-state index in [0.717, 1.165) is 18.7 Å². The molecular weight excluding hydrogens is 348 g/mol. The van der Waals surface area contributed by atoms with Crippen molar-refractivity contribution in [3.05, 3.63) is 59.1 Å². The highest BCUT2D eigenvalue weighted by Gasteiger charge is 2.18. The van der Waals surface area contributed by atoms with Gasteiger partial charge in [0.2, 0.25) is 0 Å². The van der Waals surface area contributed by atoms with Gasteiger partial charge in [0.05, 0.1) is 0 Å². The molecule has 0 fully saturated rings. The summed E-state index contributed by atoms with van der Waals surface area (Å²) >= 11 is 5.87. The Morgan fingerprint density at radius 2 is 1.65 bits per heavy atom. The molecule has 1 amide bonds. The van der Waals surface area contributed by atoms with E-state index in [2.05, 4.69) is 48.3 Å². The van der Waals surface area contributed by atoms with Gasteiger partial charge >= 0.3 is 0 Å². The third-order valence-corrected chi connectivity index (χ3v) is 4.54. The lowest BCUT2D eigenvalue weighted by Gasteiger charge is -2.21. The summed E-state index contributed by atoms with van der Waals surface area (Å²) < 4.78 is 5.77. The Morgan fingerprint density at radius 3 is 2.19 bits per heavy atom. The first-order valence-corrected chi connectivity index (χ1v) is 9.49. The maximum absolute atomic E-state index is 12.4. The zero-order valence-corrected chi connectivity index (χ0v) is 16.4. The van der Waals surface area contributed by atoms with Crippen molar-refractivity contribution in [3.8, 4) is 5.75 Å². The minimum atomic E-state index is -0.522. The maximum atomic E-state index is 12.4. The molecule has 0 radical (unpaired) electrons. The minimum Gasteiger partial charge on any atom is -0.481 e. The Labute approximate surface area is 161 Å². The van der Waals surface area contributed by atoms with Crippen molar-refractivity contribution in [2.45, 2.75) is 39.8 Å². The first kappa shape index (κ1) is 20.1. The van der Waals surface area contributed by atoms with E-state index in [1.54, 1.807) is 24.3 Å². The zero-order valence-electron chi connectivity index (χ0n) is 15.7. The van der Waals surface area contributed by atoms with E-state index in [1.807, 2.05) is 6.92 Å². The second-order valence-electron chi connectivity index (χ2n) is 6.03. The van der Waals surface area contributed by atoms with E-state index in [1.165, 1.54) is 5.69 Å². The molecule has 1 atom stereocenters. The standard InChI is InChI=1S/C21H27ClN2O2/c1-4-20(26-19-13-9-17(22)10-14-19)21(25)23-15-16-7-11-18(12-8-16)24(5-2)6-3/h7-14,20H,4-6,15H2,1-3H3,(H,23,25).